The van der Waals surface area contributed by atoms with Crippen LogP contribution in [0.1, 0.15) is 26.2 Å². The largest absolute Gasteiger partial charge is 0.493 e. The topological polar surface area (TPSA) is 57.3 Å². The zero-order chi connectivity index (χ0) is 28.4. The van der Waals surface area contributed by atoms with Crippen molar-refractivity contribution in [3.05, 3.63) is 84.9 Å². The highest BCUT2D eigenvalue weighted by molar-refractivity contribution is 6.89. The van der Waals surface area contributed by atoms with Crippen LogP contribution in [0, 0.1) is 0 Å². The lowest BCUT2D eigenvalue weighted by atomic mass is 10.0. The van der Waals surface area contributed by atoms with Gasteiger partial charge in [-0.15, -0.1) is 0 Å². The van der Waals surface area contributed by atoms with E-state index < -0.39 is 14.0 Å². The van der Waals surface area contributed by atoms with Gasteiger partial charge in [-0.3, -0.25) is 0 Å². The summed E-state index contributed by atoms with van der Waals surface area (Å²) >= 11 is 0. The van der Waals surface area contributed by atoms with E-state index in [1.165, 1.54) is 40.8 Å². The lowest BCUT2D eigenvalue weighted by molar-refractivity contribution is -0.139. The molecule has 1 atom stereocenters. The van der Waals surface area contributed by atoms with E-state index >= 15 is 0 Å². The highest BCUT2D eigenvalue weighted by atomic mass is 28.3. The van der Waals surface area contributed by atoms with Crippen LogP contribution in [-0.4, -0.2) is 53.2 Å². The summed E-state index contributed by atoms with van der Waals surface area (Å²) in [6.45, 7) is 13.0. The molecule has 1 unspecified atom stereocenters. The first kappa shape index (κ1) is 29.8. The van der Waals surface area contributed by atoms with Gasteiger partial charge in [0.25, 0.3) is 0 Å². The lowest BCUT2D eigenvalue weighted by Gasteiger charge is -2.23. The van der Waals surface area contributed by atoms with Crippen molar-refractivity contribution >= 4 is 19.2 Å². The Hall–Kier alpha value is -3.19. The zero-order valence-electron chi connectivity index (χ0n) is 24.1. The Morgan fingerprint density at radius 3 is 1.98 bits per heavy atom. The number of hydrogen-bond donors (Lipinski definition) is 0. The molecule has 3 aromatic rings. The third-order valence-electron chi connectivity index (χ3n) is 7.29. The summed E-state index contributed by atoms with van der Waals surface area (Å²) in [7, 11) is -1.35. The van der Waals surface area contributed by atoms with Crippen molar-refractivity contribution in [2.75, 3.05) is 33.0 Å². The third kappa shape index (κ3) is 8.91. The van der Waals surface area contributed by atoms with Crippen molar-refractivity contribution < 1.29 is 23.7 Å². The zero-order valence-corrected chi connectivity index (χ0v) is 25.1. The number of carbonyl (C=O) groups excluding carboxylic acids is 1. The van der Waals surface area contributed by atoms with E-state index in [9.17, 15) is 4.79 Å². The van der Waals surface area contributed by atoms with Gasteiger partial charge in [0.05, 0.1) is 46.7 Å². The predicted octanol–water partition coefficient (Wildman–Crippen LogP) is 7.02. The van der Waals surface area contributed by atoms with Gasteiger partial charge in [0.1, 0.15) is 11.9 Å². The van der Waals surface area contributed by atoms with E-state index in [0.29, 0.717) is 25.2 Å². The number of epoxide rings is 1. The van der Waals surface area contributed by atoms with Gasteiger partial charge >= 0.3 is 5.97 Å². The third-order valence-corrected chi connectivity index (χ3v) is 10.8. The molecule has 0 radical (unpaired) electrons. The van der Waals surface area contributed by atoms with Crippen LogP contribution >= 0.6 is 0 Å². The van der Waals surface area contributed by atoms with E-state index in [-0.39, 0.29) is 19.3 Å². The first-order valence-electron chi connectivity index (χ1n) is 14.3. The first-order valence-corrected chi connectivity index (χ1v) is 17.5. The van der Waals surface area contributed by atoms with Crippen LogP contribution in [0.3, 0.4) is 0 Å². The molecule has 0 bridgehead atoms. The molecular weight excluding hydrogens is 516 g/mol. The second kappa shape index (κ2) is 14.4. The van der Waals surface area contributed by atoms with Gasteiger partial charge in [-0.2, -0.15) is 0 Å². The van der Waals surface area contributed by atoms with E-state index in [1.54, 1.807) is 0 Å². The highest BCUT2D eigenvalue weighted by Gasteiger charge is 2.23. The molecule has 1 aliphatic rings. The molecule has 0 amide bonds. The minimum Gasteiger partial charge on any atom is -0.493 e. The molecule has 0 spiro atoms. The Balaban J connectivity index is 1.20. The summed E-state index contributed by atoms with van der Waals surface area (Å²) in [5, 5.41) is 1.54. The van der Waals surface area contributed by atoms with E-state index in [4.69, 9.17) is 18.9 Å². The number of esters is 1. The molecule has 40 heavy (non-hydrogen) atoms. The average Bonchev–Trinajstić information content (AvgIpc) is 3.81. The number of hydrogen-bond acceptors (Lipinski definition) is 5. The molecule has 0 saturated carbocycles. The van der Waals surface area contributed by atoms with Gasteiger partial charge in [0.2, 0.25) is 0 Å². The second-order valence-corrected chi connectivity index (χ2v) is 15.9. The molecule has 1 fully saturated rings. The summed E-state index contributed by atoms with van der Waals surface area (Å²) in [5.74, 6) is 0.356. The second-order valence-electron chi connectivity index (χ2n) is 11.1. The summed E-state index contributed by atoms with van der Waals surface area (Å²) in [6.07, 6.45) is 3.34. The fraction of sp³-hybridized carbons (Fsp3) is 0.382. The Morgan fingerprint density at radius 1 is 0.875 bits per heavy atom. The maximum atomic E-state index is 11.9. The van der Waals surface area contributed by atoms with Crippen molar-refractivity contribution in [1.29, 1.82) is 0 Å². The molecule has 1 aliphatic heterocycles. The predicted molar refractivity (Wildman–Crippen MR) is 165 cm³/mol. The monoisotopic (exact) mass is 558 g/mol. The Labute approximate surface area is 240 Å². The molecule has 212 valence electrons. The van der Waals surface area contributed by atoms with Crippen molar-refractivity contribution in [3.63, 3.8) is 0 Å². The fourth-order valence-corrected chi connectivity index (χ4v) is 7.12. The normalized spacial score (nSPS) is 14.5. The first-order chi connectivity index (χ1) is 19.4. The van der Waals surface area contributed by atoms with E-state index in [1.807, 2.05) is 12.1 Å². The highest BCUT2D eigenvalue weighted by Crippen LogP contribution is 2.27. The van der Waals surface area contributed by atoms with Crippen LogP contribution < -0.4 is 9.92 Å². The van der Waals surface area contributed by atoms with Crippen LogP contribution in [0.15, 0.2) is 84.9 Å². The quantitative estimate of drug-likeness (QED) is 0.0622. The van der Waals surface area contributed by atoms with Crippen molar-refractivity contribution in [2.24, 2.45) is 0 Å². The fourth-order valence-electron chi connectivity index (χ4n) is 4.53. The molecule has 0 aromatic heterocycles. The maximum Gasteiger partial charge on any atom is 0.335 e. The average molecular weight is 559 g/mol. The number of ether oxygens (including phenoxy) is 4. The molecule has 3 aromatic carbocycles. The smallest absolute Gasteiger partial charge is 0.335 e. The molecule has 6 heteroatoms. The van der Waals surface area contributed by atoms with Gasteiger partial charge < -0.3 is 18.9 Å². The van der Waals surface area contributed by atoms with Crippen molar-refractivity contribution in [2.45, 2.75) is 51.4 Å². The number of unbranched alkanes of at least 4 members (excludes halogenated alkanes) is 1. The summed E-state index contributed by atoms with van der Waals surface area (Å²) < 4.78 is 21.5. The van der Waals surface area contributed by atoms with E-state index in [0.717, 1.165) is 17.9 Å². The number of carbonyl (C=O) groups is 1. The van der Waals surface area contributed by atoms with Gasteiger partial charge in [0.15, 0.2) is 0 Å². The Bertz CT molecular complexity index is 1230. The van der Waals surface area contributed by atoms with Crippen LogP contribution in [0.4, 0.5) is 0 Å². The molecule has 1 saturated heterocycles. The lowest BCUT2D eigenvalue weighted by Crippen LogP contribution is -2.40. The minimum absolute atomic E-state index is 0.163. The number of benzene rings is 3. The SMILES string of the molecule is C=C(COCC1CO1)C(=O)OCCCOc1ccc(-c2ccc(-c3ccc([Si](C)(C)CCCC)cc3)cc2)cc1. The molecule has 0 aliphatic carbocycles. The van der Waals surface area contributed by atoms with Gasteiger partial charge in [-0.1, -0.05) is 111 Å². The Kier molecular flexibility index (Phi) is 10.8. The van der Waals surface area contributed by atoms with E-state index in [2.05, 4.69) is 87.3 Å². The van der Waals surface area contributed by atoms with Gasteiger partial charge in [-0.05, 0) is 34.4 Å². The molecular formula is C34H42O5Si. The Morgan fingerprint density at radius 2 is 1.43 bits per heavy atom. The summed E-state index contributed by atoms with van der Waals surface area (Å²) in [5.41, 5.74) is 5.10. The summed E-state index contributed by atoms with van der Waals surface area (Å²) in [6, 6.07) is 27.4. The van der Waals surface area contributed by atoms with Gasteiger partial charge in [-0.25, -0.2) is 4.79 Å². The molecule has 1 heterocycles. The van der Waals surface area contributed by atoms with Crippen LogP contribution in [-0.2, 0) is 19.0 Å². The minimum atomic E-state index is -1.35. The van der Waals surface area contributed by atoms with Gasteiger partial charge in [0, 0.05) is 6.42 Å². The van der Waals surface area contributed by atoms with Crippen LogP contribution in [0.2, 0.25) is 19.1 Å². The molecule has 0 N–H and O–H groups in total. The van der Waals surface area contributed by atoms with Crippen molar-refractivity contribution in [1.82, 2.24) is 0 Å². The van der Waals surface area contributed by atoms with Crippen LogP contribution in [0.25, 0.3) is 22.3 Å². The maximum absolute atomic E-state index is 11.9. The molecule has 4 rings (SSSR count). The summed E-state index contributed by atoms with van der Waals surface area (Å²) in [4.78, 5) is 11.9. The number of rotatable bonds is 16. The molecule has 5 nitrogen and oxygen atoms in total. The van der Waals surface area contributed by atoms with Crippen molar-refractivity contribution in [3.8, 4) is 28.0 Å². The standard InChI is InChI=1S/C34H42O5Si/c1-5-6-22-40(3,4)33-18-14-30(15-19-33)28-10-8-27(9-11-28)29-12-16-31(17-13-29)37-20-7-21-38-34(35)26(2)23-36-24-32-25-39-32/h8-19,32H,2,5-7,20-25H2,1,3-4H3. The van der Waals surface area contributed by atoms with Crippen LogP contribution in [0.5, 0.6) is 5.75 Å².